The monoisotopic (exact) mass is 402 g/mol. The molecular formula is C19H22N4O4S. The second kappa shape index (κ2) is 7.99. The molecule has 1 unspecified atom stereocenters. The number of carbonyl (C=O) groups excluding carboxylic acids is 2. The summed E-state index contributed by atoms with van der Waals surface area (Å²) in [6.07, 6.45) is 1.98. The summed E-state index contributed by atoms with van der Waals surface area (Å²) in [5.41, 5.74) is 1.66. The maximum absolute atomic E-state index is 12.5. The lowest BCUT2D eigenvalue weighted by molar-refractivity contribution is 0.0940. The summed E-state index contributed by atoms with van der Waals surface area (Å²) in [5, 5.41) is 13.5. The standard InChI is InChI=1S/C19H22N4O4S/c1-12(13-5-9-17(10-6-13)28(20,26)27)21-18(24)14-3-2-4-16(11-14)23-19(25)22-15-7-8-15/h2-6,9-12,15H,7-8H2,1H3,(H,21,24)(H2,20,26,27)(H2,22,23,25). The predicted octanol–water partition coefficient (Wildman–Crippen LogP) is 2.11. The molecule has 1 atom stereocenters. The van der Waals surface area contributed by atoms with Crippen LogP contribution in [0.2, 0.25) is 0 Å². The number of primary sulfonamides is 1. The number of urea groups is 1. The van der Waals surface area contributed by atoms with Gasteiger partial charge in [0.15, 0.2) is 0 Å². The van der Waals surface area contributed by atoms with Crippen molar-refractivity contribution < 1.29 is 18.0 Å². The van der Waals surface area contributed by atoms with Gasteiger partial charge in [-0.1, -0.05) is 18.2 Å². The third kappa shape index (κ3) is 5.30. The Balaban J connectivity index is 1.63. The van der Waals surface area contributed by atoms with Gasteiger partial charge in [0.05, 0.1) is 10.9 Å². The molecule has 1 aliphatic carbocycles. The average molecular weight is 402 g/mol. The predicted molar refractivity (Wildman–Crippen MR) is 105 cm³/mol. The van der Waals surface area contributed by atoms with Crippen LogP contribution in [0.1, 0.15) is 41.7 Å². The van der Waals surface area contributed by atoms with Gasteiger partial charge in [-0.3, -0.25) is 4.79 Å². The summed E-state index contributed by atoms with van der Waals surface area (Å²) >= 11 is 0. The normalized spacial score (nSPS) is 14.8. The molecule has 0 spiro atoms. The number of carbonyl (C=O) groups is 2. The summed E-state index contributed by atoms with van der Waals surface area (Å²) < 4.78 is 22.6. The molecule has 0 saturated heterocycles. The van der Waals surface area contributed by atoms with Crippen LogP contribution in [0.3, 0.4) is 0 Å². The van der Waals surface area contributed by atoms with Crippen LogP contribution >= 0.6 is 0 Å². The van der Waals surface area contributed by atoms with Gasteiger partial charge in [-0.05, 0) is 55.7 Å². The Morgan fingerprint density at radius 2 is 1.79 bits per heavy atom. The van der Waals surface area contributed by atoms with E-state index in [1.165, 1.54) is 12.1 Å². The van der Waals surface area contributed by atoms with Crippen molar-refractivity contribution in [2.45, 2.75) is 36.7 Å². The van der Waals surface area contributed by atoms with Crippen molar-refractivity contribution in [1.29, 1.82) is 0 Å². The smallest absolute Gasteiger partial charge is 0.319 e. The van der Waals surface area contributed by atoms with E-state index in [1.807, 2.05) is 0 Å². The van der Waals surface area contributed by atoms with E-state index >= 15 is 0 Å². The minimum Gasteiger partial charge on any atom is -0.346 e. The summed E-state index contributed by atoms with van der Waals surface area (Å²) in [4.78, 5) is 24.4. The summed E-state index contributed by atoms with van der Waals surface area (Å²) in [7, 11) is -3.76. The van der Waals surface area contributed by atoms with E-state index in [1.54, 1.807) is 43.3 Å². The Bertz CT molecular complexity index is 985. The van der Waals surface area contributed by atoms with Crippen molar-refractivity contribution in [1.82, 2.24) is 10.6 Å². The highest BCUT2D eigenvalue weighted by molar-refractivity contribution is 7.89. The summed E-state index contributed by atoms with van der Waals surface area (Å²) in [6.45, 7) is 1.79. The molecule has 1 fully saturated rings. The van der Waals surface area contributed by atoms with Gasteiger partial charge in [0.2, 0.25) is 10.0 Å². The molecule has 8 nitrogen and oxygen atoms in total. The Kier molecular flexibility index (Phi) is 5.66. The molecule has 28 heavy (non-hydrogen) atoms. The van der Waals surface area contributed by atoms with Crippen molar-refractivity contribution in [3.05, 3.63) is 59.7 Å². The number of anilines is 1. The molecule has 0 aromatic heterocycles. The number of hydrogen-bond acceptors (Lipinski definition) is 4. The van der Waals surface area contributed by atoms with Gasteiger partial charge < -0.3 is 16.0 Å². The number of benzene rings is 2. The van der Waals surface area contributed by atoms with Crippen LogP contribution in [-0.4, -0.2) is 26.4 Å². The second-order valence-electron chi connectivity index (χ2n) is 6.76. The van der Waals surface area contributed by atoms with Crippen molar-refractivity contribution >= 4 is 27.6 Å². The molecule has 0 bridgehead atoms. The second-order valence-corrected chi connectivity index (χ2v) is 8.32. The van der Waals surface area contributed by atoms with E-state index in [0.717, 1.165) is 18.4 Å². The number of nitrogens with one attached hydrogen (secondary N) is 3. The minimum absolute atomic E-state index is 0.0121. The van der Waals surface area contributed by atoms with Gasteiger partial charge in [-0.25, -0.2) is 18.4 Å². The molecule has 2 aromatic rings. The Labute approximate surface area is 163 Å². The maximum Gasteiger partial charge on any atom is 0.319 e. The molecule has 3 amide bonds. The zero-order valence-corrected chi connectivity index (χ0v) is 16.1. The maximum atomic E-state index is 12.5. The van der Waals surface area contributed by atoms with Crippen molar-refractivity contribution in [2.24, 2.45) is 5.14 Å². The van der Waals surface area contributed by atoms with E-state index in [4.69, 9.17) is 5.14 Å². The average Bonchev–Trinajstić information content (AvgIpc) is 3.45. The lowest BCUT2D eigenvalue weighted by Gasteiger charge is -2.15. The van der Waals surface area contributed by atoms with Gasteiger partial charge in [0.1, 0.15) is 0 Å². The number of hydrogen-bond donors (Lipinski definition) is 4. The lowest BCUT2D eigenvalue weighted by Crippen LogP contribution is -2.30. The molecule has 1 saturated carbocycles. The Hall–Kier alpha value is -2.91. The summed E-state index contributed by atoms with van der Waals surface area (Å²) in [6, 6.07) is 12.2. The van der Waals surface area contributed by atoms with Crippen LogP contribution in [0.25, 0.3) is 0 Å². The van der Waals surface area contributed by atoms with Gasteiger partial charge >= 0.3 is 6.03 Å². The quantitative estimate of drug-likeness (QED) is 0.589. The lowest BCUT2D eigenvalue weighted by atomic mass is 10.1. The first-order chi connectivity index (χ1) is 13.2. The molecule has 3 rings (SSSR count). The van der Waals surface area contributed by atoms with Crippen LogP contribution in [0, 0.1) is 0 Å². The molecular weight excluding hydrogens is 380 g/mol. The van der Waals surface area contributed by atoms with Crippen LogP contribution in [0.4, 0.5) is 10.5 Å². The van der Waals surface area contributed by atoms with E-state index in [0.29, 0.717) is 11.3 Å². The Morgan fingerprint density at radius 1 is 1.11 bits per heavy atom. The Morgan fingerprint density at radius 3 is 2.39 bits per heavy atom. The number of nitrogens with two attached hydrogens (primary N) is 1. The van der Waals surface area contributed by atoms with Gasteiger partial charge in [-0.15, -0.1) is 0 Å². The SMILES string of the molecule is CC(NC(=O)c1cccc(NC(=O)NC2CC2)c1)c1ccc(S(N)(=O)=O)cc1. The highest BCUT2D eigenvalue weighted by atomic mass is 32.2. The highest BCUT2D eigenvalue weighted by Crippen LogP contribution is 2.19. The molecule has 1 aliphatic rings. The zero-order chi connectivity index (χ0) is 20.3. The number of sulfonamides is 1. The molecule has 0 heterocycles. The van der Waals surface area contributed by atoms with Crippen LogP contribution in [0.5, 0.6) is 0 Å². The highest BCUT2D eigenvalue weighted by Gasteiger charge is 2.23. The molecule has 2 aromatic carbocycles. The van der Waals surface area contributed by atoms with Crippen LogP contribution < -0.4 is 21.1 Å². The number of rotatable bonds is 6. The zero-order valence-electron chi connectivity index (χ0n) is 15.3. The molecule has 148 valence electrons. The van der Waals surface area contributed by atoms with Gasteiger partial charge in [-0.2, -0.15) is 0 Å². The minimum atomic E-state index is -3.76. The fourth-order valence-electron chi connectivity index (χ4n) is 2.63. The van der Waals surface area contributed by atoms with Crippen molar-refractivity contribution in [3.8, 4) is 0 Å². The fourth-order valence-corrected chi connectivity index (χ4v) is 3.14. The first-order valence-corrected chi connectivity index (χ1v) is 10.4. The van der Waals surface area contributed by atoms with Crippen molar-refractivity contribution in [2.75, 3.05) is 5.32 Å². The van der Waals surface area contributed by atoms with Gasteiger partial charge in [0.25, 0.3) is 5.91 Å². The third-order valence-corrected chi connectivity index (χ3v) is 5.28. The van der Waals surface area contributed by atoms with E-state index in [9.17, 15) is 18.0 Å². The first-order valence-electron chi connectivity index (χ1n) is 8.83. The largest absolute Gasteiger partial charge is 0.346 e. The third-order valence-electron chi connectivity index (χ3n) is 4.35. The number of amides is 3. The molecule has 0 aliphatic heterocycles. The first kappa shape index (κ1) is 19.8. The molecule has 0 radical (unpaired) electrons. The topological polar surface area (TPSA) is 130 Å². The molecule has 9 heteroatoms. The van der Waals surface area contributed by atoms with E-state index < -0.39 is 10.0 Å². The summed E-state index contributed by atoms with van der Waals surface area (Å²) in [5.74, 6) is -0.311. The van der Waals surface area contributed by atoms with Gasteiger partial charge in [0, 0.05) is 17.3 Å². The van der Waals surface area contributed by atoms with E-state index in [-0.39, 0.29) is 28.9 Å². The van der Waals surface area contributed by atoms with Crippen LogP contribution in [-0.2, 0) is 10.0 Å². The van der Waals surface area contributed by atoms with Crippen molar-refractivity contribution in [3.63, 3.8) is 0 Å². The van der Waals surface area contributed by atoms with E-state index in [2.05, 4.69) is 16.0 Å². The van der Waals surface area contributed by atoms with Crippen LogP contribution in [0.15, 0.2) is 53.4 Å². The molecule has 5 N–H and O–H groups in total. The fraction of sp³-hybridized carbons (Fsp3) is 0.263.